The Kier molecular flexibility index (Phi) is 3.14. The molecule has 1 N–H and O–H groups in total. The molecule has 0 atom stereocenters. The number of carboxylic acids is 1. The van der Waals surface area contributed by atoms with Gasteiger partial charge in [-0.25, -0.2) is 4.79 Å². The normalized spacial score (nSPS) is 10.9. The van der Waals surface area contributed by atoms with E-state index in [2.05, 4.69) is 24.0 Å². The molecule has 0 radical (unpaired) electrons. The first kappa shape index (κ1) is 12.3. The van der Waals surface area contributed by atoms with Crippen LogP contribution in [0.25, 0.3) is 11.3 Å². The lowest BCUT2D eigenvalue weighted by Crippen LogP contribution is -2.00. The highest BCUT2D eigenvalue weighted by Crippen LogP contribution is 2.23. The number of hydrogen-bond acceptors (Lipinski definition) is 3. The molecule has 5 nitrogen and oxygen atoms in total. The second-order valence-corrected chi connectivity index (χ2v) is 4.47. The van der Waals surface area contributed by atoms with Crippen molar-refractivity contribution in [1.29, 1.82) is 0 Å². The summed E-state index contributed by atoms with van der Waals surface area (Å²) in [6.45, 7) is 4.22. The Labute approximate surface area is 105 Å². The lowest BCUT2D eigenvalue weighted by Gasteiger charge is -2.05. The predicted octanol–water partition coefficient (Wildman–Crippen LogP) is 2.30. The van der Waals surface area contributed by atoms with Crippen LogP contribution in [-0.4, -0.2) is 26.1 Å². The monoisotopic (exact) mass is 245 g/mol. The van der Waals surface area contributed by atoms with E-state index in [1.54, 1.807) is 7.05 Å². The molecule has 94 valence electrons. The predicted molar refractivity (Wildman–Crippen MR) is 67.5 cm³/mol. The molecule has 0 aliphatic carbocycles. The van der Waals surface area contributed by atoms with Crippen molar-refractivity contribution in [2.75, 3.05) is 0 Å². The van der Waals surface area contributed by atoms with Crippen molar-refractivity contribution in [3.8, 4) is 11.3 Å². The van der Waals surface area contributed by atoms with Crippen LogP contribution in [0.5, 0.6) is 0 Å². The summed E-state index contributed by atoms with van der Waals surface area (Å²) >= 11 is 0. The van der Waals surface area contributed by atoms with Gasteiger partial charge in [0.05, 0.1) is 0 Å². The molecule has 0 saturated heterocycles. The third-order valence-corrected chi connectivity index (χ3v) is 2.77. The molecule has 1 aromatic heterocycles. The summed E-state index contributed by atoms with van der Waals surface area (Å²) in [6.07, 6.45) is 0. The van der Waals surface area contributed by atoms with E-state index < -0.39 is 5.97 Å². The van der Waals surface area contributed by atoms with Crippen molar-refractivity contribution < 1.29 is 9.90 Å². The minimum Gasteiger partial charge on any atom is -0.476 e. The SMILES string of the molecule is CC(C)c1ccc(-c2nn(C)nc2C(=O)O)cc1. The summed E-state index contributed by atoms with van der Waals surface area (Å²) in [5, 5.41) is 17.0. The lowest BCUT2D eigenvalue weighted by molar-refractivity contribution is 0.0690. The van der Waals surface area contributed by atoms with E-state index in [4.69, 9.17) is 5.11 Å². The molecular formula is C13H15N3O2. The van der Waals surface area contributed by atoms with Crippen molar-refractivity contribution in [3.63, 3.8) is 0 Å². The van der Waals surface area contributed by atoms with Gasteiger partial charge >= 0.3 is 5.97 Å². The van der Waals surface area contributed by atoms with Crippen LogP contribution in [0, 0.1) is 0 Å². The van der Waals surface area contributed by atoms with Crippen LogP contribution in [-0.2, 0) is 7.05 Å². The molecule has 0 aliphatic rings. The molecule has 1 aromatic carbocycles. The van der Waals surface area contributed by atoms with Gasteiger partial charge in [0.15, 0.2) is 5.69 Å². The van der Waals surface area contributed by atoms with E-state index in [0.717, 1.165) is 5.56 Å². The van der Waals surface area contributed by atoms with E-state index >= 15 is 0 Å². The number of nitrogens with zero attached hydrogens (tertiary/aromatic N) is 3. The highest BCUT2D eigenvalue weighted by Gasteiger charge is 2.18. The van der Waals surface area contributed by atoms with E-state index in [-0.39, 0.29) is 5.69 Å². The van der Waals surface area contributed by atoms with Crippen molar-refractivity contribution >= 4 is 5.97 Å². The third-order valence-electron chi connectivity index (χ3n) is 2.77. The van der Waals surface area contributed by atoms with Gasteiger partial charge in [0.2, 0.25) is 0 Å². The van der Waals surface area contributed by atoms with Crippen molar-refractivity contribution in [1.82, 2.24) is 15.0 Å². The maximum Gasteiger partial charge on any atom is 0.358 e. The summed E-state index contributed by atoms with van der Waals surface area (Å²) in [5.41, 5.74) is 2.36. The van der Waals surface area contributed by atoms with Gasteiger partial charge < -0.3 is 5.11 Å². The molecule has 0 spiro atoms. The molecule has 18 heavy (non-hydrogen) atoms. The fraction of sp³-hybridized carbons (Fsp3) is 0.308. The lowest BCUT2D eigenvalue weighted by atomic mass is 10.0. The van der Waals surface area contributed by atoms with Gasteiger partial charge in [-0.2, -0.15) is 9.90 Å². The van der Waals surface area contributed by atoms with Gasteiger partial charge in [-0.05, 0) is 11.5 Å². The molecule has 0 fully saturated rings. The highest BCUT2D eigenvalue weighted by atomic mass is 16.4. The zero-order valence-corrected chi connectivity index (χ0v) is 10.6. The fourth-order valence-corrected chi connectivity index (χ4v) is 1.77. The second kappa shape index (κ2) is 4.60. The number of aromatic nitrogens is 3. The number of rotatable bonds is 3. The minimum atomic E-state index is -1.06. The molecule has 0 aliphatic heterocycles. The number of hydrogen-bond donors (Lipinski definition) is 1. The Balaban J connectivity index is 2.45. The average molecular weight is 245 g/mol. The Morgan fingerprint density at radius 2 is 1.83 bits per heavy atom. The summed E-state index contributed by atoms with van der Waals surface area (Å²) in [4.78, 5) is 12.3. The van der Waals surface area contributed by atoms with Gasteiger partial charge in [0.25, 0.3) is 0 Å². The summed E-state index contributed by atoms with van der Waals surface area (Å²) in [7, 11) is 1.61. The van der Waals surface area contributed by atoms with Crippen LogP contribution in [0.3, 0.4) is 0 Å². The Morgan fingerprint density at radius 1 is 1.22 bits per heavy atom. The van der Waals surface area contributed by atoms with E-state index in [0.29, 0.717) is 11.6 Å². The quantitative estimate of drug-likeness (QED) is 0.900. The van der Waals surface area contributed by atoms with Crippen LogP contribution in [0.15, 0.2) is 24.3 Å². The van der Waals surface area contributed by atoms with E-state index in [1.807, 2.05) is 24.3 Å². The van der Waals surface area contributed by atoms with Crippen LogP contribution < -0.4 is 0 Å². The number of aryl methyl sites for hydroxylation is 1. The second-order valence-electron chi connectivity index (χ2n) is 4.47. The topological polar surface area (TPSA) is 68.0 Å². The zero-order chi connectivity index (χ0) is 13.3. The van der Waals surface area contributed by atoms with Gasteiger partial charge in [0, 0.05) is 12.6 Å². The third kappa shape index (κ3) is 2.25. The number of carbonyl (C=O) groups is 1. The van der Waals surface area contributed by atoms with Crippen molar-refractivity contribution in [2.24, 2.45) is 7.05 Å². The molecule has 0 bridgehead atoms. The summed E-state index contributed by atoms with van der Waals surface area (Å²) in [5.74, 6) is -0.620. The first-order valence-electron chi connectivity index (χ1n) is 5.74. The fourth-order valence-electron chi connectivity index (χ4n) is 1.77. The van der Waals surface area contributed by atoms with E-state index in [1.165, 1.54) is 10.4 Å². The number of aromatic carboxylic acids is 1. The van der Waals surface area contributed by atoms with Crippen LogP contribution in [0.2, 0.25) is 0 Å². The number of benzene rings is 1. The zero-order valence-electron chi connectivity index (χ0n) is 10.6. The maximum atomic E-state index is 11.1. The molecule has 0 saturated carbocycles. The maximum absolute atomic E-state index is 11.1. The van der Waals surface area contributed by atoms with Gasteiger partial charge in [-0.15, -0.1) is 5.10 Å². The number of carboxylic acid groups (broad SMARTS) is 1. The Hall–Kier alpha value is -2.17. The molecule has 1 heterocycles. The summed E-state index contributed by atoms with van der Waals surface area (Å²) < 4.78 is 0. The van der Waals surface area contributed by atoms with Crippen molar-refractivity contribution in [3.05, 3.63) is 35.5 Å². The molecule has 5 heteroatoms. The summed E-state index contributed by atoms with van der Waals surface area (Å²) in [6, 6.07) is 7.73. The molecule has 2 aromatic rings. The van der Waals surface area contributed by atoms with Crippen molar-refractivity contribution in [2.45, 2.75) is 19.8 Å². The first-order valence-corrected chi connectivity index (χ1v) is 5.74. The van der Waals surface area contributed by atoms with Crippen LogP contribution >= 0.6 is 0 Å². The van der Waals surface area contributed by atoms with E-state index in [9.17, 15) is 4.79 Å². The van der Waals surface area contributed by atoms with Crippen LogP contribution in [0.1, 0.15) is 35.8 Å². The largest absolute Gasteiger partial charge is 0.476 e. The Morgan fingerprint density at radius 3 is 2.33 bits per heavy atom. The minimum absolute atomic E-state index is 0.0187. The van der Waals surface area contributed by atoms with Crippen LogP contribution in [0.4, 0.5) is 0 Å². The molecule has 0 unspecified atom stereocenters. The molecule has 0 amide bonds. The van der Waals surface area contributed by atoms with Gasteiger partial charge in [-0.1, -0.05) is 38.1 Å². The Bertz CT molecular complexity index is 570. The smallest absolute Gasteiger partial charge is 0.358 e. The van der Waals surface area contributed by atoms with Gasteiger partial charge in [-0.3, -0.25) is 0 Å². The first-order chi connectivity index (χ1) is 8.49. The molecular weight excluding hydrogens is 230 g/mol. The highest BCUT2D eigenvalue weighted by molar-refractivity contribution is 5.92. The average Bonchev–Trinajstić information content (AvgIpc) is 2.71. The molecule has 2 rings (SSSR count). The standard InChI is InChI=1S/C13H15N3O2/c1-8(2)9-4-6-10(7-5-9)11-12(13(17)18)15-16(3)14-11/h4-8H,1-3H3,(H,17,18). The van der Waals surface area contributed by atoms with Gasteiger partial charge in [0.1, 0.15) is 5.69 Å².